The van der Waals surface area contributed by atoms with Crippen molar-refractivity contribution in [2.75, 3.05) is 7.11 Å². The lowest BCUT2D eigenvalue weighted by atomic mass is 10.0. The molecule has 0 radical (unpaired) electrons. The average molecular weight is 231 g/mol. The van der Waals surface area contributed by atoms with Crippen LogP contribution in [0.2, 0.25) is 0 Å². The Kier molecular flexibility index (Phi) is 3.49. The monoisotopic (exact) mass is 231 g/mol. The van der Waals surface area contributed by atoms with Crippen molar-refractivity contribution in [3.63, 3.8) is 0 Å². The van der Waals surface area contributed by atoms with Crippen molar-refractivity contribution in [3.8, 4) is 5.75 Å². The second kappa shape index (κ2) is 5.06. The standard InChI is InChI=1S/C14H17NO2/c1-10-7-12(9-17-10)14(15)8-11-3-5-13(16-2)6-4-11/h3-7,9,14H,8,15H2,1-2H3. The first-order valence-corrected chi connectivity index (χ1v) is 5.62. The van der Waals surface area contributed by atoms with Crippen LogP contribution in [0.5, 0.6) is 5.75 Å². The minimum atomic E-state index is -0.0270. The maximum Gasteiger partial charge on any atom is 0.118 e. The summed E-state index contributed by atoms with van der Waals surface area (Å²) in [6, 6.07) is 9.91. The highest BCUT2D eigenvalue weighted by Gasteiger charge is 2.09. The van der Waals surface area contributed by atoms with E-state index in [2.05, 4.69) is 0 Å². The zero-order valence-electron chi connectivity index (χ0n) is 10.1. The molecule has 2 aromatic rings. The van der Waals surface area contributed by atoms with E-state index in [9.17, 15) is 0 Å². The fourth-order valence-electron chi connectivity index (χ4n) is 1.79. The van der Waals surface area contributed by atoms with Crippen LogP contribution < -0.4 is 10.5 Å². The van der Waals surface area contributed by atoms with E-state index in [-0.39, 0.29) is 6.04 Å². The largest absolute Gasteiger partial charge is 0.497 e. The molecule has 0 saturated heterocycles. The molecule has 17 heavy (non-hydrogen) atoms. The van der Waals surface area contributed by atoms with Gasteiger partial charge in [-0.15, -0.1) is 0 Å². The molecule has 2 N–H and O–H groups in total. The lowest BCUT2D eigenvalue weighted by Crippen LogP contribution is -2.12. The van der Waals surface area contributed by atoms with Crippen LogP contribution in [-0.4, -0.2) is 7.11 Å². The van der Waals surface area contributed by atoms with Crippen molar-refractivity contribution in [2.45, 2.75) is 19.4 Å². The summed E-state index contributed by atoms with van der Waals surface area (Å²) < 4.78 is 10.4. The number of aryl methyl sites for hydroxylation is 1. The maximum atomic E-state index is 6.12. The lowest BCUT2D eigenvalue weighted by Gasteiger charge is -2.09. The first kappa shape index (κ1) is 11.7. The highest BCUT2D eigenvalue weighted by Crippen LogP contribution is 2.20. The number of methoxy groups -OCH3 is 1. The van der Waals surface area contributed by atoms with Gasteiger partial charge in [-0.1, -0.05) is 12.1 Å². The Morgan fingerprint density at radius 1 is 1.29 bits per heavy atom. The molecule has 3 heteroatoms. The van der Waals surface area contributed by atoms with Crippen LogP contribution in [0.3, 0.4) is 0 Å². The molecule has 90 valence electrons. The topological polar surface area (TPSA) is 48.4 Å². The quantitative estimate of drug-likeness (QED) is 0.880. The molecular formula is C14H17NO2. The summed E-state index contributed by atoms with van der Waals surface area (Å²) in [7, 11) is 1.66. The first-order chi connectivity index (χ1) is 8.19. The van der Waals surface area contributed by atoms with E-state index in [1.54, 1.807) is 13.4 Å². The van der Waals surface area contributed by atoms with E-state index in [4.69, 9.17) is 14.9 Å². The zero-order valence-corrected chi connectivity index (χ0v) is 10.1. The second-order valence-electron chi connectivity index (χ2n) is 4.15. The molecule has 1 aromatic heterocycles. The van der Waals surface area contributed by atoms with Crippen LogP contribution in [-0.2, 0) is 6.42 Å². The highest BCUT2D eigenvalue weighted by molar-refractivity contribution is 5.29. The van der Waals surface area contributed by atoms with Crippen LogP contribution in [0.25, 0.3) is 0 Å². The van der Waals surface area contributed by atoms with E-state index in [0.29, 0.717) is 0 Å². The predicted molar refractivity (Wildman–Crippen MR) is 67.1 cm³/mol. The Morgan fingerprint density at radius 2 is 2.00 bits per heavy atom. The fourth-order valence-corrected chi connectivity index (χ4v) is 1.79. The highest BCUT2D eigenvalue weighted by atomic mass is 16.5. The molecule has 0 aliphatic heterocycles. The third-order valence-electron chi connectivity index (χ3n) is 2.79. The van der Waals surface area contributed by atoms with Crippen LogP contribution in [0.15, 0.2) is 41.0 Å². The third kappa shape index (κ3) is 2.88. The van der Waals surface area contributed by atoms with Crippen molar-refractivity contribution in [1.82, 2.24) is 0 Å². The summed E-state index contributed by atoms with van der Waals surface area (Å²) in [5.41, 5.74) is 8.35. The molecule has 0 saturated carbocycles. The summed E-state index contributed by atoms with van der Waals surface area (Å²) >= 11 is 0. The Balaban J connectivity index is 2.04. The molecule has 2 rings (SSSR count). The number of rotatable bonds is 4. The van der Waals surface area contributed by atoms with Crippen molar-refractivity contribution in [1.29, 1.82) is 0 Å². The third-order valence-corrected chi connectivity index (χ3v) is 2.79. The van der Waals surface area contributed by atoms with Crippen LogP contribution in [0.4, 0.5) is 0 Å². The predicted octanol–water partition coefficient (Wildman–Crippen LogP) is 2.84. The molecule has 0 bridgehead atoms. The Bertz CT molecular complexity index is 473. The molecule has 0 amide bonds. The number of benzene rings is 1. The van der Waals surface area contributed by atoms with Gasteiger partial charge in [-0.25, -0.2) is 0 Å². The normalized spacial score (nSPS) is 12.4. The summed E-state index contributed by atoms with van der Waals surface area (Å²) in [6.07, 6.45) is 2.52. The molecule has 1 atom stereocenters. The Labute approximate surface area is 101 Å². The molecule has 1 aromatic carbocycles. The van der Waals surface area contributed by atoms with Gasteiger partial charge in [0.25, 0.3) is 0 Å². The van der Waals surface area contributed by atoms with Crippen molar-refractivity contribution < 1.29 is 9.15 Å². The first-order valence-electron chi connectivity index (χ1n) is 5.62. The number of hydrogen-bond acceptors (Lipinski definition) is 3. The van der Waals surface area contributed by atoms with Gasteiger partial charge < -0.3 is 14.9 Å². The van der Waals surface area contributed by atoms with E-state index in [1.165, 1.54) is 5.56 Å². The van der Waals surface area contributed by atoms with Gasteiger partial charge in [-0.2, -0.15) is 0 Å². The van der Waals surface area contributed by atoms with Crippen LogP contribution >= 0.6 is 0 Å². The summed E-state index contributed by atoms with van der Waals surface area (Å²) in [6.45, 7) is 1.92. The Hall–Kier alpha value is -1.74. The van der Waals surface area contributed by atoms with Gasteiger partial charge in [0.15, 0.2) is 0 Å². The van der Waals surface area contributed by atoms with Gasteiger partial charge in [-0.3, -0.25) is 0 Å². The molecule has 1 unspecified atom stereocenters. The van der Waals surface area contributed by atoms with E-state index in [1.807, 2.05) is 37.3 Å². The number of nitrogens with two attached hydrogens (primary N) is 1. The maximum absolute atomic E-state index is 6.12. The summed E-state index contributed by atoms with van der Waals surface area (Å²) in [5.74, 6) is 1.76. The average Bonchev–Trinajstić information content (AvgIpc) is 2.77. The molecule has 1 heterocycles. The van der Waals surface area contributed by atoms with Gasteiger partial charge in [0, 0.05) is 11.6 Å². The summed E-state index contributed by atoms with van der Waals surface area (Å²) in [5, 5.41) is 0. The Morgan fingerprint density at radius 3 is 2.53 bits per heavy atom. The molecule has 0 spiro atoms. The van der Waals surface area contributed by atoms with E-state index in [0.717, 1.165) is 23.5 Å². The van der Waals surface area contributed by atoms with Crippen molar-refractivity contribution >= 4 is 0 Å². The van der Waals surface area contributed by atoms with Crippen LogP contribution in [0.1, 0.15) is 22.9 Å². The number of furan rings is 1. The minimum absolute atomic E-state index is 0.0270. The van der Waals surface area contributed by atoms with Gasteiger partial charge in [0.05, 0.1) is 13.4 Å². The zero-order chi connectivity index (χ0) is 12.3. The number of hydrogen-bond donors (Lipinski definition) is 1. The van der Waals surface area contributed by atoms with E-state index >= 15 is 0 Å². The lowest BCUT2D eigenvalue weighted by molar-refractivity contribution is 0.414. The van der Waals surface area contributed by atoms with Gasteiger partial charge in [0.1, 0.15) is 11.5 Å². The van der Waals surface area contributed by atoms with Gasteiger partial charge >= 0.3 is 0 Å². The summed E-state index contributed by atoms with van der Waals surface area (Å²) in [4.78, 5) is 0. The molecule has 0 aliphatic rings. The molecule has 3 nitrogen and oxygen atoms in total. The van der Waals surface area contributed by atoms with Crippen molar-refractivity contribution in [2.24, 2.45) is 5.73 Å². The van der Waals surface area contributed by atoms with Gasteiger partial charge in [-0.05, 0) is 37.1 Å². The smallest absolute Gasteiger partial charge is 0.118 e. The molecule has 0 aliphatic carbocycles. The number of ether oxygens (including phenoxy) is 1. The molecular weight excluding hydrogens is 214 g/mol. The van der Waals surface area contributed by atoms with Crippen molar-refractivity contribution in [3.05, 3.63) is 53.5 Å². The minimum Gasteiger partial charge on any atom is -0.497 e. The fraction of sp³-hybridized carbons (Fsp3) is 0.286. The molecule has 0 fully saturated rings. The van der Waals surface area contributed by atoms with Crippen LogP contribution in [0, 0.1) is 6.92 Å². The van der Waals surface area contributed by atoms with E-state index < -0.39 is 0 Å². The van der Waals surface area contributed by atoms with Gasteiger partial charge in [0.2, 0.25) is 0 Å². The second-order valence-corrected chi connectivity index (χ2v) is 4.15. The SMILES string of the molecule is COc1ccc(CC(N)c2coc(C)c2)cc1.